The maximum atomic E-state index is 12.7. The summed E-state index contributed by atoms with van der Waals surface area (Å²) in [5.41, 5.74) is 5.24. The van der Waals surface area contributed by atoms with Crippen LogP contribution >= 0.6 is 0 Å². The van der Waals surface area contributed by atoms with E-state index in [4.69, 9.17) is 10.2 Å². The number of rotatable bonds is 9. The number of hydrogen-bond acceptors (Lipinski definition) is 7. The molecule has 0 radical (unpaired) electrons. The predicted octanol–water partition coefficient (Wildman–Crippen LogP) is 1.32. The van der Waals surface area contributed by atoms with Crippen LogP contribution in [-0.2, 0) is 23.1 Å². The molecule has 0 aromatic carbocycles. The first-order chi connectivity index (χ1) is 14.3. The standard InChI is InChI=1S/C19H29N5O5S/c1-3-5-12-24-17(20)16(18(25)21-19(24)26)22(4-2)13-14-8-9-15(29-14)30(27,28)23-10-6-7-11-23/h8-9H,3-7,10-13,20H2,1-2H3,(H,21,25,26). The van der Waals surface area contributed by atoms with E-state index in [1.54, 1.807) is 11.0 Å². The zero-order valence-electron chi connectivity index (χ0n) is 17.4. The topological polar surface area (TPSA) is 135 Å². The van der Waals surface area contributed by atoms with Gasteiger partial charge in [0.05, 0.1) is 6.54 Å². The van der Waals surface area contributed by atoms with Crippen molar-refractivity contribution in [3.8, 4) is 0 Å². The third-order valence-electron chi connectivity index (χ3n) is 5.29. The minimum atomic E-state index is -3.65. The monoisotopic (exact) mass is 439 g/mol. The fraction of sp³-hybridized carbons (Fsp3) is 0.579. The van der Waals surface area contributed by atoms with E-state index in [-0.39, 0.29) is 23.1 Å². The summed E-state index contributed by atoms with van der Waals surface area (Å²) in [5.74, 6) is 0.482. The van der Waals surface area contributed by atoms with E-state index in [2.05, 4.69) is 4.98 Å². The van der Waals surface area contributed by atoms with Crippen molar-refractivity contribution in [2.24, 2.45) is 0 Å². The van der Waals surface area contributed by atoms with Gasteiger partial charge in [-0.25, -0.2) is 13.2 Å². The summed E-state index contributed by atoms with van der Waals surface area (Å²) in [5, 5.41) is -0.106. The second kappa shape index (κ2) is 9.09. The van der Waals surface area contributed by atoms with E-state index in [0.29, 0.717) is 31.9 Å². The van der Waals surface area contributed by atoms with Crippen LogP contribution in [-0.4, -0.2) is 41.9 Å². The quantitative estimate of drug-likeness (QED) is 0.602. The molecule has 166 valence electrons. The lowest BCUT2D eigenvalue weighted by Crippen LogP contribution is -2.38. The lowest BCUT2D eigenvalue weighted by Gasteiger charge is -2.24. The zero-order chi connectivity index (χ0) is 21.9. The molecule has 0 unspecified atom stereocenters. The maximum Gasteiger partial charge on any atom is 0.330 e. The van der Waals surface area contributed by atoms with Gasteiger partial charge in [-0.3, -0.25) is 14.3 Å². The molecule has 0 amide bonds. The minimum absolute atomic E-state index is 0.0931. The second-order valence-electron chi connectivity index (χ2n) is 7.34. The molecule has 1 aliphatic rings. The molecular weight excluding hydrogens is 410 g/mol. The van der Waals surface area contributed by atoms with Crippen LogP contribution < -0.4 is 21.9 Å². The fourth-order valence-electron chi connectivity index (χ4n) is 3.60. The summed E-state index contributed by atoms with van der Waals surface area (Å²) < 4.78 is 33.7. The molecule has 30 heavy (non-hydrogen) atoms. The first kappa shape index (κ1) is 22.2. The Morgan fingerprint density at radius 1 is 1.20 bits per heavy atom. The largest absolute Gasteiger partial charge is 0.446 e. The Hall–Kier alpha value is -2.53. The number of nitrogens with two attached hydrogens (primary N) is 1. The number of aromatic nitrogens is 2. The van der Waals surface area contributed by atoms with Gasteiger partial charge < -0.3 is 15.1 Å². The molecule has 1 aliphatic heterocycles. The first-order valence-corrected chi connectivity index (χ1v) is 11.7. The van der Waals surface area contributed by atoms with Crippen LogP contribution in [0.3, 0.4) is 0 Å². The molecule has 2 aromatic rings. The number of nitrogens with zero attached hydrogens (tertiary/aromatic N) is 3. The van der Waals surface area contributed by atoms with Crippen LogP contribution in [0.25, 0.3) is 0 Å². The molecule has 0 saturated carbocycles. The lowest BCUT2D eigenvalue weighted by molar-refractivity contribution is 0.387. The molecule has 10 nitrogen and oxygen atoms in total. The van der Waals surface area contributed by atoms with E-state index in [1.807, 2.05) is 13.8 Å². The number of sulfonamides is 1. The van der Waals surface area contributed by atoms with Gasteiger partial charge in [0.1, 0.15) is 17.3 Å². The second-order valence-corrected chi connectivity index (χ2v) is 9.21. The van der Waals surface area contributed by atoms with E-state index in [9.17, 15) is 18.0 Å². The van der Waals surface area contributed by atoms with Gasteiger partial charge in [0.15, 0.2) is 0 Å². The van der Waals surface area contributed by atoms with Gasteiger partial charge in [-0.05, 0) is 38.3 Å². The third-order valence-corrected chi connectivity index (χ3v) is 7.06. The van der Waals surface area contributed by atoms with E-state index in [0.717, 1.165) is 25.7 Å². The van der Waals surface area contributed by atoms with Crippen LogP contribution in [0.15, 0.2) is 31.2 Å². The van der Waals surface area contributed by atoms with Crippen LogP contribution in [0.2, 0.25) is 0 Å². The number of nitrogen functional groups attached to an aromatic ring is 1. The Kier molecular flexibility index (Phi) is 6.71. The van der Waals surface area contributed by atoms with Gasteiger partial charge in [-0.15, -0.1) is 0 Å². The van der Waals surface area contributed by atoms with Crippen molar-refractivity contribution in [1.82, 2.24) is 13.9 Å². The minimum Gasteiger partial charge on any atom is -0.446 e. The van der Waals surface area contributed by atoms with Gasteiger partial charge in [0.25, 0.3) is 15.6 Å². The van der Waals surface area contributed by atoms with Crippen LogP contribution in [0.1, 0.15) is 45.3 Å². The number of unbranched alkanes of at least 4 members (excludes halogenated alkanes) is 1. The van der Waals surface area contributed by atoms with Crippen LogP contribution in [0.5, 0.6) is 0 Å². The van der Waals surface area contributed by atoms with Crippen molar-refractivity contribution in [3.05, 3.63) is 38.7 Å². The molecule has 0 bridgehead atoms. The van der Waals surface area contributed by atoms with E-state index < -0.39 is 21.3 Å². The molecule has 2 aromatic heterocycles. The Bertz CT molecular complexity index is 1100. The number of aromatic amines is 1. The lowest BCUT2D eigenvalue weighted by atomic mass is 10.3. The predicted molar refractivity (Wildman–Crippen MR) is 114 cm³/mol. The van der Waals surface area contributed by atoms with Gasteiger partial charge in [0, 0.05) is 26.2 Å². The Morgan fingerprint density at radius 2 is 1.90 bits per heavy atom. The summed E-state index contributed by atoms with van der Waals surface area (Å²) in [7, 11) is -3.65. The van der Waals surface area contributed by atoms with Crippen LogP contribution in [0, 0.1) is 0 Å². The van der Waals surface area contributed by atoms with Crippen molar-refractivity contribution in [2.45, 2.75) is 57.7 Å². The van der Waals surface area contributed by atoms with Gasteiger partial charge in [-0.2, -0.15) is 4.31 Å². The molecule has 3 rings (SSSR count). The van der Waals surface area contributed by atoms with Gasteiger partial charge >= 0.3 is 5.69 Å². The average molecular weight is 440 g/mol. The van der Waals surface area contributed by atoms with Gasteiger partial charge in [0.2, 0.25) is 5.09 Å². The highest BCUT2D eigenvalue weighted by Gasteiger charge is 2.30. The molecule has 11 heteroatoms. The van der Waals surface area contributed by atoms with Crippen molar-refractivity contribution in [1.29, 1.82) is 0 Å². The molecule has 0 atom stereocenters. The first-order valence-electron chi connectivity index (χ1n) is 10.3. The van der Waals surface area contributed by atoms with Crippen molar-refractivity contribution < 1.29 is 12.8 Å². The summed E-state index contributed by atoms with van der Waals surface area (Å²) >= 11 is 0. The summed E-state index contributed by atoms with van der Waals surface area (Å²) in [6, 6.07) is 3.02. The van der Waals surface area contributed by atoms with Gasteiger partial charge in [-0.1, -0.05) is 13.3 Å². The number of H-pyrrole nitrogens is 1. The summed E-state index contributed by atoms with van der Waals surface area (Å²) in [6.45, 7) is 5.78. The van der Waals surface area contributed by atoms with E-state index >= 15 is 0 Å². The highest BCUT2D eigenvalue weighted by atomic mass is 32.2. The molecule has 0 aliphatic carbocycles. The molecule has 3 N–H and O–H groups in total. The Balaban J connectivity index is 1.89. The van der Waals surface area contributed by atoms with Crippen LogP contribution in [0.4, 0.5) is 11.5 Å². The normalized spacial score (nSPS) is 15.0. The summed E-state index contributed by atoms with van der Waals surface area (Å²) in [4.78, 5) is 28.6. The highest BCUT2D eigenvalue weighted by molar-refractivity contribution is 7.89. The zero-order valence-corrected chi connectivity index (χ0v) is 18.2. The van der Waals surface area contributed by atoms with Crippen molar-refractivity contribution in [2.75, 3.05) is 30.3 Å². The molecule has 3 heterocycles. The maximum absolute atomic E-state index is 12.7. The number of hydrogen-bond donors (Lipinski definition) is 2. The van der Waals surface area contributed by atoms with Crippen molar-refractivity contribution >= 4 is 21.5 Å². The summed E-state index contributed by atoms with van der Waals surface area (Å²) in [6.07, 6.45) is 3.30. The number of furan rings is 1. The smallest absolute Gasteiger partial charge is 0.330 e. The Labute approximate surface area is 175 Å². The number of anilines is 2. The molecule has 1 saturated heterocycles. The highest BCUT2D eigenvalue weighted by Crippen LogP contribution is 2.25. The SMILES string of the molecule is CCCCn1c(N)c(N(CC)Cc2ccc(S(=O)(=O)N3CCCC3)o2)c(=O)[nH]c1=O. The average Bonchev–Trinajstić information content (AvgIpc) is 3.39. The molecule has 1 fully saturated rings. The van der Waals surface area contributed by atoms with E-state index in [1.165, 1.54) is 14.9 Å². The molecule has 0 spiro atoms. The Morgan fingerprint density at radius 3 is 2.53 bits per heavy atom. The third kappa shape index (κ3) is 4.31. The van der Waals surface area contributed by atoms with Crippen molar-refractivity contribution in [3.63, 3.8) is 0 Å². The fourth-order valence-corrected chi connectivity index (χ4v) is 5.04. The molecular formula is C19H29N5O5S. The number of nitrogens with one attached hydrogen (secondary N) is 1.